The molecule has 0 radical (unpaired) electrons. The highest BCUT2D eigenvalue weighted by Crippen LogP contribution is 2.24. The molecule has 0 bridgehead atoms. The summed E-state index contributed by atoms with van der Waals surface area (Å²) in [6, 6.07) is 2.42. The van der Waals surface area contributed by atoms with Crippen molar-refractivity contribution in [2.45, 2.75) is 42.5 Å². The van der Waals surface area contributed by atoms with Crippen LogP contribution < -0.4 is 15.8 Å². The number of rotatable bonds is 6. The number of amides is 1. The van der Waals surface area contributed by atoms with Gasteiger partial charge in [-0.1, -0.05) is 12.5 Å². The summed E-state index contributed by atoms with van der Waals surface area (Å²) >= 11 is 1.12. The molecule has 2 rings (SSSR count). The monoisotopic (exact) mass is 331 g/mol. The van der Waals surface area contributed by atoms with E-state index in [0.717, 1.165) is 30.6 Å². The van der Waals surface area contributed by atoms with Crippen LogP contribution in [0.25, 0.3) is 0 Å². The average molecular weight is 331 g/mol. The van der Waals surface area contributed by atoms with Crippen LogP contribution in [-0.4, -0.2) is 33.0 Å². The number of hydrogen-bond acceptors (Lipinski definition) is 5. The lowest BCUT2D eigenvalue weighted by Gasteiger charge is -2.22. The molecule has 1 fully saturated rings. The minimum Gasteiger partial charge on any atom is -0.352 e. The standard InChI is InChI=1S/C13H21N3O3S2/c1-9(16-21(18,19)12-6-3-7-20-12)13(17)15-11-5-2-4-10(11)8-14/h3,6-7,9-11,16H,2,4-5,8,14H2,1H3,(H,15,17). The van der Waals surface area contributed by atoms with Gasteiger partial charge in [0.15, 0.2) is 0 Å². The first-order valence-corrected chi connectivity index (χ1v) is 9.36. The van der Waals surface area contributed by atoms with Crippen LogP contribution in [0, 0.1) is 5.92 Å². The topological polar surface area (TPSA) is 101 Å². The number of thiophene rings is 1. The molecule has 4 N–H and O–H groups in total. The van der Waals surface area contributed by atoms with Gasteiger partial charge in [0.05, 0.1) is 6.04 Å². The number of carbonyl (C=O) groups excluding carboxylic acids is 1. The summed E-state index contributed by atoms with van der Waals surface area (Å²) in [5.41, 5.74) is 5.68. The Labute approximate surface area is 129 Å². The zero-order chi connectivity index (χ0) is 15.5. The molecule has 1 aromatic rings. The van der Waals surface area contributed by atoms with Crippen LogP contribution in [0.5, 0.6) is 0 Å². The molecule has 0 aliphatic heterocycles. The van der Waals surface area contributed by atoms with Gasteiger partial charge in [-0.3, -0.25) is 4.79 Å². The summed E-state index contributed by atoms with van der Waals surface area (Å²) in [6.07, 6.45) is 2.96. The van der Waals surface area contributed by atoms with Gasteiger partial charge in [0.2, 0.25) is 5.91 Å². The Bertz CT molecular complexity index is 571. The molecule has 6 nitrogen and oxygen atoms in total. The van der Waals surface area contributed by atoms with Crippen molar-refractivity contribution in [2.24, 2.45) is 11.7 Å². The zero-order valence-electron chi connectivity index (χ0n) is 11.9. The van der Waals surface area contributed by atoms with Gasteiger partial charge in [0, 0.05) is 6.04 Å². The highest BCUT2D eigenvalue weighted by Gasteiger charge is 2.30. The Hall–Kier alpha value is -0.960. The Morgan fingerprint density at radius 1 is 1.52 bits per heavy atom. The maximum atomic E-state index is 12.1. The summed E-state index contributed by atoms with van der Waals surface area (Å²) in [4.78, 5) is 12.1. The van der Waals surface area contributed by atoms with Gasteiger partial charge >= 0.3 is 0 Å². The first kappa shape index (κ1) is 16.4. The van der Waals surface area contributed by atoms with E-state index in [4.69, 9.17) is 5.73 Å². The third-order valence-electron chi connectivity index (χ3n) is 3.77. The van der Waals surface area contributed by atoms with Crippen LogP contribution in [0.2, 0.25) is 0 Å². The zero-order valence-corrected chi connectivity index (χ0v) is 13.5. The average Bonchev–Trinajstić information content (AvgIpc) is 3.09. The maximum Gasteiger partial charge on any atom is 0.250 e. The van der Waals surface area contributed by atoms with Crippen LogP contribution >= 0.6 is 11.3 Å². The van der Waals surface area contributed by atoms with Crippen molar-refractivity contribution in [2.75, 3.05) is 6.54 Å². The third-order valence-corrected chi connectivity index (χ3v) is 6.71. The molecule has 1 aromatic heterocycles. The van der Waals surface area contributed by atoms with Crippen LogP contribution in [-0.2, 0) is 14.8 Å². The molecule has 21 heavy (non-hydrogen) atoms. The largest absolute Gasteiger partial charge is 0.352 e. The highest BCUT2D eigenvalue weighted by atomic mass is 32.2. The molecule has 0 spiro atoms. The van der Waals surface area contributed by atoms with Crippen LogP contribution in [0.15, 0.2) is 21.7 Å². The molecule has 1 aliphatic carbocycles. The summed E-state index contributed by atoms with van der Waals surface area (Å²) < 4.78 is 26.7. The fourth-order valence-electron chi connectivity index (χ4n) is 2.58. The van der Waals surface area contributed by atoms with E-state index in [1.54, 1.807) is 18.4 Å². The summed E-state index contributed by atoms with van der Waals surface area (Å²) in [5, 5.41) is 4.59. The lowest BCUT2D eigenvalue weighted by molar-refractivity contribution is -0.123. The van der Waals surface area contributed by atoms with E-state index in [0.29, 0.717) is 6.54 Å². The van der Waals surface area contributed by atoms with Crippen molar-refractivity contribution < 1.29 is 13.2 Å². The van der Waals surface area contributed by atoms with Crippen molar-refractivity contribution >= 4 is 27.3 Å². The van der Waals surface area contributed by atoms with E-state index in [1.165, 1.54) is 6.07 Å². The number of nitrogens with two attached hydrogens (primary N) is 1. The van der Waals surface area contributed by atoms with Gasteiger partial charge in [-0.05, 0) is 43.7 Å². The fourth-order valence-corrected chi connectivity index (χ4v) is 4.79. The summed E-state index contributed by atoms with van der Waals surface area (Å²) in [7, 11) is -3.63. The molecule has 1 amide bonds. The summed E-state index contributed by atoms with van der Waals surface area (Å²) in [5.74, 6) is -0.0180. The molecule has 118 valence electrons. The normalized spacial score (nSPS) is 23.9. The molecule has 0 aromatic carbocycles. The highest BCUT2D eigenvalue weighted by molar-refractivity contribution is 7.91. The predicted octanol–water partition coefficient (Wildman–Crippen LogP) is 0.659. The lowest BCUT2D eigenvalue weighted by Crippen LogP contribution is -2.49. The van der Waals surface area contributed by atoms with Crippen molar-refractivity contribution in [1.82, 2.24) is 10.0 Å². The fraction of sp³-hybridized carbons (Fsp3) is 0.615. The quantitative estimate of drug-likeness (QED) is 0.712. The van der Waals surface area contributed by atoms with E-state index < -0.39 is 16.1 Å². The van der Waals surface area contributed by atoms with Gasteiger partial charge in [-0.15, -0.1) is 11.3 Å². The Morgan fingerprint density at radius 2 is 2.29 bits per heavy atom. The van der Waals surface area contributed by atoms with Crippen molar-refractivity contribution in [3.05, 3.63) is 17.5 Å². The summed E-state index contributed by atoms with van der Waals surface area (Å²) in [6.45, 7) is 2.09. The molecule has 1 heterocycles. The molecule has 3 unspecified atom stereocenters. The molecule has 3 atom stereocenters. The van der Waals surface area contributed by atoms with Gasteiger partial charge in [0.1, 0.15) is 4.21 Å². The number of hydrogen-bond donors (Lipinski definition) is 3. The third kappa shape index (κ3) is 4.03. The molecular formula is C13H21N3O3S2. The second-order valence-corrected chi connectivity index (χ2v) is 8.21. The minimum absolute atomic E-state index is 0.0520. The number of sulfonamides is 1. The molecule has 1 saturated carbocycles. The lowest BCUT2D eigenvalue weighted by atomic mass is 10.0. The first-order chi connectivity index (χ1) is 9.94. The minimum atomic E-state index is -3.63. The SMILES string of the molecule is CC(NS(=O)(=O)c1cccs1)C(=O)NC1CCCC1CN. The second-order valence-electron chi connectivity index (χ2n) is 5.32. The van der Waals surface area contributed by atoms with E-state index >= 15 is 0 Å². The second kappa shape index (κ2) is 6.87. The van der Waals surface area contributed by atoms with E-state index in [9.17, 15) is 13.2 Å². The van der Waals surface area contributed by atoms with Crippen LogP contribution in [0.4, 0.5) is 0 Å². The first-order valence-electron chi connectivity index (χ1n) is 7.00. The van der Waals surface area contributed by atoms with Crippen molar-refractivity contribution in [3.63, 3.8) is 0 Å². The molecule has 1 aliphatic rings. The smallest absolute Gasteiger partial charge is 0.250 e. The Balaban J connectivity index is 1.94. The van der Waals surface area contributed by atoms with Crippen LogP contribution in [0.1, 0.15) is 26.2 Å². The van der Waals surface area contributed by atoms with E-state index in [1.807, 2.05) is 0 Å². The Morgan fingerprint density at radius 3 is 2.90 bits per heavy atom. The van der Waals surface area contributed by atoms with E-state index in [-0.39, 0.29) is 22.1 Å². The van der Waals surface area contributed by atoms with Gasteiger partial charge in [-0.25, -0.2) is 8.42 Å². The van der Waals surface area contributed by atoms with E-state index in [2.05, 4.69) is 10.0 Å². The van der Waals surface area contributed by atoms with Crippen LogP contribution in [0.3, 0.4) is 0 Å². The Kier molecular flexibility index (Phi) is 5.37. The maximum absolute atomic E-state index is 12.1. The molecule has 8 heteroatoms. The number of nitrogens with one attached hydrogen (secondary N) is 2. The molecule has 0 saturated heterocycles. The van der Waals surface area contributed by atoms with Crippen molar-refractivity contribution in [1.29, 1.82) is 0 Å². The van der Waals surface area contributed by atoms with Gasteiger partial charge in [0.25, 0.3) is 10.0 Å². The van der Waals surface area contributed by atoms with Crippen molar-refractivity contribution in [3.8, 4) is 0 Å². The van der Waals surface area contributed by atoms with Gasteiger partial charge < -0.3 is 11.1 Å². The number of carbonyl (C=O) groups is 1. The van der Waals surface area contributed by atoms with Gasteiger partial charge in [-0.2, -0.15) is 4.72 Å². The molecular weight excluding hydrogens is 310 g/mol. The predicted molar refractivity (Wildman–Crippen MR) is 82.4 cm³/mol.